The zero-order valence-electron chi connectivity index (χ0n) is 9.12. The summed E-state index contributed by atoms with van der Waals surface area (Å²) in [5, 5.41) is 2.67. The van der Waals surface area contributed by atoms with Crippen LogP contribution in [0.5, 0.6) is 0 Å². The lowest BCUT2D eigenvalue weighted by Crippen LogP contribution is -2.19. The molecule has 84 valence electrons. The van der Waals surface area contributed by atoms with Crippen LogP contribution in [0.25, 0.3) is 0 Å². The van der Waals surface area contributed by atoms with E-state index in [2.05, 4.69) is 11.9 Å². The van der Waals surface area contributed by atoms with Crippen molar-refractivity contribution < 1.29 is 9.59 Å². The fourth-order valence-corrected chi connectivity index (χ4v) is 1.21. The largest absolute Gasteiger partial charge is 0.369 e. The molecule has 16 heavy (non-hydrogen) atoms. The predicted octanol–water partition coefficient (Wildman–Crippen LogP) is 1.37. The molecular weight excluding hydrogens is 204 g/mol. The molecule has 1 aromatic carbocycles. The number of amides is 2. The third-order valence-corrected chi connectivity index (χ3v) is 2.10. The SMILES string of the molecule is C=C(CC(N)=O)C(=O)Nc1ccccc1C. The molecule has 0 fully saturated rings. The normalized spacial score (nSPS) is 9.56. The summed E-state index contributed by atoms with van der Waals surface area (Å²) < 4.78 is 0. The average molecular weight is 218 g/mol. The summed E-state index contributed by atoms with van der Waals surface area (Å²) in [5.41, 5.74) is 6.79. The average Bonchev–Trinajstić information content (AvgIpc) is 2.20. The van der Waals surface area contributed by atoms with Gasteiger partial charge in [-0.2, -0.15) is 0 Å². The van der Waals surface area contributed by atoms with Crippen LogP contribution in [0.2, 0.25) is 0 Å². The Kier molecular flexibility index (Phi) is 3.83. The zero-order chi connectivity index (χ0) is 12.1. The van der Waals surface area contributed by atoms with E-state index < -0.39 is 5.91 Å². The number of hydrogen-bond donors (Lipinski definition) is 2. The lowest BCUT2D eigenvalue weighted by atomic mass is 10.1. The predicted molar refractivity (Wildman–Crippen MR) is 62.8 cm³/mol. The zero-order valence-corrected chi connectivity index (χ0v) is 9.12. The topological polar surface area (TPSA) is 72.2 Å². The van der Waals surface area contributed by atoms with Crippen LogP contribution < -0.4 is 11.1 Å². The minimum absolute atomic E-state index is 0.127. The molecule has 4 nitrogen and oxygen atoms in total. The van der Waals surface area contributed by atoms with Crippen molar-refractivity contribution in [3.05, 3.63) is 42.0 Å². The van der Waals surface area contributed by atoms with E-state index in [1.54, 1.807) is 6.07 Å². The quantitative estimate of drug-likeness (QED) is 0.749. The number of hydrogen-bond acceptors (Lipinski definition) is 2. The van der Waals surface area contributed by atoms with Gasteiger partial charge in [0, 0.05) is 11.3 Å². The third kappa shape index (κ3) is 3.24. The fraction of sp³-hybridized carbons (Fsp3) is 0.167. The van der Waals surface area contributed by atoms with Gasteiger partial charge >= 0.3 is 0 Å². The molecule has 0 heterocycles. The summed E-state index contributed by atoms with van der Waals surface area (Å²) in [5.74, 6) is -0.946. The lowest BCUT2D eigenvalue weighted by molar-refractivity contribution is -0.119. The monoisotopic (exact) mass is 218 g/mol. The summed E-state index contributed by atoms with van der Waals surface area (Å²) in [6, 6.07) is 7.36. The van der Waals surface area contributed by atoms with Crippen molar-refractivity contribution in [2.75, 3.05) is 5.32 Å². The van der Waals surface area contributed by atoms with Crippen LogP contribution in [0.1, 0.15) is 12.0 Å². The number of para-hydroxylation sites is 1. The number of carbonyl (C=O) groups excluding carboxylic acids is 2. The van der Waals surface area contributed by atoms with Gasteiger partial charge in [-0.3, -0.25) is 9.59 Å². The van der Waals surface area contributed by atoms with Gasteiger partial charge in [0.05, 0.1) is 6.42 Å². The van der Waals surface area contributed by atoms with Crippen molar-refractivity contribution in [2.45, 2.75) is 13.3 Å². The Bertz CT molecular complexity index is 438. The highest BCUT2D eigenvalue weighted by Crippen LogP contribution is 2.14. The summed E-state index contributed by atoms with van der Waals surface area (Å²) in [6.07, 6.45) is -0.127. The van der Waals surface area contributed by atoms with Gasteiger partial charge in [-0.25, -0.2) is 0 Å². The van der Waals surface area contributed by atoms with Crippen LogP contribution in [0.15, 0.2) is 36.4 Å². The number of benzene rings is 1. The van der Waals surface area contributed by atoms with E-state index in [-0.39, 0.29) is 17.9 Å². The van der Waals surface area contributed by atoms with Crippen LogP contribution in [0.3, 0.4) is 0 Å². The molecular formula is C12H14N2O2. The smallest absolute Gasteiger partial charge is 0.251 e. The summed E-state index contributed by atoms with van der Waals surface area (Å²) in [6.45, 7) is 5.39. The van der Waals surface area contributed by atoms with E-state index in [0.29, 0.717) is 5.69 Å². The van der Waals surface area contributed by atoms with Gasteiger partial charge in [0.1, 0.15) is 0 Å². The van der Waals surface area contributed by atoms with Gasteiger partial charge in [0.15, 0.2) is 0 Å². The number of rotatable bonds is 4. The molecule has 4 heteroatoms. The molecule has 0 aliphatic rings. The Morgan fingerprint density at radius 3 is 2.56 bits per heavy atom. The van der Waals surface area contributed by atoms with Gasteiger partial charge < -0.3 is 11.1 Å². The van der Waals surface area contributed by atoms with E-state index in [1.165, 1.54) is 0 Å². The minimum Gasteiger partial charge on any atom is -0.369 e. The molecule has 0 aliphatic carbocycles. The van der Waals surface area contributed by atoms with Crippen LogP contribution in [-0.2, 0) is 9.59 Å². The van der Waals surface area contributed by atoms with E-state index in [0.717, 1.165) is 5.56 Å². The first-order valence-corrected chi connectivity index (χ1v) is 4.83. The van der Waals surface area contributed by atoms with Gasteiger partial charge in [-0.15, -0.1) is 0 Å². The number of aryl methyl sites for hydroxylation is 1. The molecule has 3 N–H and O–H groups in total. The first-order chi connectivity index (χ1) is 7.50. The maximum absolute atomic E-state index is 11.6. The second-order valence-electron chi connectivity index (χ2n) is 3.52. The van der Waals surface area contributed by atoms with E-state index in [4.69, 9.17) is 5.73 Å². The van der Waals surface area contributed by atoms with E-state index >= 15 is 0 Å². The molecule has 0 unspecified atom stereocenters. The summed E-state index contributed by atoms with van der Waals surface area (Å²) >= 11 is 0. The second kappa shape index (κ2) is 5.11. The van der Waals surface area contributed by atoms with Crippen LogP contribution >= 0.6 is 0 Å². The van der Waals surface area contributed by atoms with Gasteiger partial charge in [-0.1, -0.05) is 24.8 Å². The summed E-state index contributed by atoms with van der Waals surface area (Å²) in [4.78, 5) is 22.2. The van der Waals surface area contributed by atoms with E-state index in [9.17, 15) is 9.59 Å². The highest BCUT2D eigenvalue weighted by atomic mass is 16.2. The molecule has 0 aromatic heterocycles. The first-order valence-electron chi connectivity index (χ1n) is 4.83. The van der Waals surface area contributed by atoms with Crippen LogP contribution in [0.4, 0.5) is 5.69 Å². The van der Waals surface area contributed by atoms with Gasteiger partial charge in [0.2, 0.25) is 5.91 Å². The van der Waals surface area contributed by atoms with Gasteiger partial charge in [-0.05, 0) is 18.6 Å². The molecule has 0 atom stereocenters. The molecule has 0 aliphatic heterocycles. The number of nitrogens with two attached hydrogens (primary N) is 1. The maximum Gasteiger partial charge on any atom is 0.251 e. The number of nitrogens with one attached hydrogen (secondary N) is 1. The Morgan fingerprint density at radius 1 is 1.38 bits per heavy atom. The molecule has 0 bridgehead atoms. The molecule has 0 saturated heterocycles. The highest BCUT2D eigenvalue weighted by Gasteiger charge is 2.10. The lowest BCUT2D eigenvalue weighted by Gasteiger charge is -2.08. The van der Waals surface area contributed by atoms with Crippen molar-refractivity contribution >= 4 is 17.5 Å². The van der Waals surface area contributed by atoms with Crippen LogP contribution in [0, 0.1) is 6.92 Å². The molecule has 2 amide bonds. The number of anilines is 1. The van der Waals surface area contributed by atoms with Crippen molar-refractivity contribution in [1.29, 1.82) is 0 Å². The Hall–Kier alpha value is -2.10. The van der Waals surface area contributed by atoms with Crippen molar-refractivity contribution in [3.8, 4) is 0 Å². The minimum atomic E-state index is -0.565. The number of carbonyl (C=O) groups is 2. The van der Waals surface area contributed by atoms with Crippen molar-refractivity contribution in [2.24, 2.45) is 5.73 Å². The first kappa shape index (κ1) is 12.0. The molecule has 0 spiro atoms. The maximum atomic E-state index is 11.6. The molecule has 1 aromatic rings. The second-order valence-corrected chi connectivity index (χ2v) is 3.52. The Labute approximate surface area is 94.1 Å². The van der Waals surface area contributed by atoms with Gasteiger partial charge in [0.25, 0.3) is 5.91 Å². The Balaban J connectivity index is 2.68. The third-order valence-electron chi connectivity index (χ3n) is 2.10. The summed E-state index contributed by atoms with van der Waals surface area (Å²) in [7, 11) is 0. The fourth-order valence-electron chi connectivity index (χ4n) is 1.21. The molecule has 1 rings (SSSR count). The molecule has 0 radical (unpaired) electrons. The van der Waals surface area contributed by atoms with Crippen molar-refractivity contribution in [1.82, 2.24) is 0 Å². The standard InChI is InChI=1S/C12H14N2O2/c1-8-5-3-4-6-10(8)14-12(16)9(2)7-11(13)15/h3-6H,2,7H2,1H3,(H2,13,15)(H,14,16). The molecule has 0 saturated carbocycles. The van der Waals surface area contributed by atoms with Crippen LogP contribution in [-0.4, -0.2) is 11.8 Å². The Morgan fingerprint density at radius 2 is 2.00 bits per heavy atom. The van der Waals surface area contributed by atoms with E-state index in [1.807, 2.05) is 25.1 Å². The highest BCUT2D eigenvalue weighted by molar-refractivity contribution is 6.06. The number of primary amides is 1. The van der Waals surface area contributed by atoms with Crippen molar-refractivity contribution in [3.63, 3.8) is 0 Å².